The second kappa shape index (κ2) is 9.75. The summed E-state index contributed by atoms with van der Waals surface area (Å²) in [5, 5.41) is 2.60. The quantitative estimate of drug-likeness (QED) is 0.271. The third-order valence-corrected chi connectivity index (χ3v) is 5.38. The maximum Gasteiger partial charge on any atom is 0.432 e. The summed E-state index contributed by atoms with van der Waals surface area (Å²) in [6, 6.07) is 11.9. The highest BCUT2D eigenvalue weighted by Crippen LogP contribution is 2.40. The lowest BCUT2D eigenvalue weighted by Gasteiger charge is -2.15. The summed E-state index contributed by atoms with van der Waals surface area (Å²) >= 11 is 5.91. The van der Waals surface area contributed by atoms with Crippen molar-refractivity contribution in [2.24, 2.45) is 0 Å². The Kier molecular flexibility index (Phi) is 6.74. The summed E-state index contributed by atoms with van der Waals surface area (Å²) < 4.78 is 49.7. The fourth-order valence-electron chi connectivity index (χ4n) is 3.70. The van der Waals surface area contributed by atoms with Crippen LogP contribution in [-0.4, -0.2) is 32.8 Å². The van der Waals surface area contributed by atoms with E-state index >= 15 is 0 Å². The van der Waals surface area contributed by atoms with Gasteiger partial charge in [0.25, 0.3) is 11.7 Å². The van der Waals surface area contributed by atoms with Gasteiger partial charge in [-0.25, -0.2) is 9.97 Å². The molecule has 0 radical (unpaired) electrons. The van der Waals surface area contributed by atoms with Crippen molar-refractivity contribution < 1.29 is 27.5 Å². The van der Waals surface area contributed by atoms with Crippen LogP contribution >= 0.6 is 11.6 Å². The van der Waals surface area contributed by atoms with Gasteiger partial charge in [-0.1, -0.05) is 23.7 Å². The maximum absolute atomic E-state index is 14.4. The summed E-state index contributed by atoms with van der Waals surface area (Å²) in [6.07, 6.45) is -2.49. The maximum atomic E-state index is 14.4. The predicted molar refractivity (Wildman–Crippen MR) is 124 cm³/mol. The van der Waals surface area contributed by atoms with Crippen molar-refractivity contribution in [1.82, 2.24) is 14.5 Å². The number of ketones is 1. The van der Waals surface area contributed by atoms with Crippen molar-refractivity contribution in [3.05, 3.63) is 82.9 Å². The Morgan fingerprint density at radius 1 is 1.11 bits per heavy atom. The Hall–Kier alpha value is -3.92. The van der Waals surface area contributed by atoms with Crippen LogP contribution in [0.5, 0.6) is 5.75 Å². The number of hydrogen-bond donors (Lipinski definition) is 1. The molecule has 1 N–H and O–H groups in total. The molecule has 0 aliphatic rings. The molecule has 0 unspecified atom stereocenters. The molecule has 180 valence electrons. The predicted octanol–water partition coefficient (Wildman–Crippen LogP) is 5.37. The molecule has 2 heterocycles. The molecule has 11 heteroatoms. The van der Waals surface area contributed by atoms with Crippen LogP contribution in [0.3, 0.4) is 0 Å². The van der Waals surface area contributed by atoms with Gasteiger partial charge >= 0.3 is 6.18 Å². The van der Waals surface area contributed by atoms with Crippen LogP contribution in [-0.2, 0) is 17.5 Å². The van der Waals surface area contributed by atoms with E-state index in [0.717, 1.165) is 10.9 Å². The van der Waals surface area contributed by atoms with Crippen LogP contribution in [0.4, 0.5) is 19.0 Å². The molecule has 1 amide bonds. The standard InChI is InChI=1S/C24H18ClF3N4O3/c1-2-35-16-7-8-18-17(11-16)20(21(33)23(34)31-19-9-10-29-13-30-19)22(24(26,27)28)32(18)12-14-3-5-15(25)6-4-14/h3-11,13H,2,12H2,1H3,(H,29,30,31,34). The number of carbonyl (C=O) groups excluding carboxylic acids is 2. The van der Waals surface area contributed by atoms with E-state index in [-0.39, 0.29) is 35.6 Å². The zero-order valence-electron chi connectivity index (χ0n) is 18.3. The number of fused-ring (bicyclic) bond motifs is 1. The number of halogens is 4. The molecule has 2 aromatic heterocycles. The molecule has 0 aliphatic carbocycles. The van der Waals surface area contributed by atoms with Crippen molar-refractivity contribution in [3.63, 3.8) is 0 Å². The highest BCUT2D eigenvalue weighted by Gasteiger charge is 2.42. The lowest BCUT2D eigenvalue weighted by Crippen LogP contribution is -2.26. The summed E-state index contributed by atoms with van der Waals surface area (Å²) in [5.41, 5.74) is -1.36. The van der Waals surface area contributed by atoms with Gasteiger partial charge in [-0.15, -0.1) is 0 Å². The normalized spacial score (nSPS) is 11.5. The van der Waals surface area contributed by atoms with Crippen LogP contribution in [0.25, 0.3) is 10.9 Å². The van der Waals surface area contributed by atoms with Crippen molar-refractivity contribution in [3.8, 4) is 5.75 Å². The number of aromatic nitrogens is 3. The summed E-state index contributed by atoms with van der Waals surface area (Å²) in [6.45, 7) is 1.77. The molecule has 7 nitrogen and oxygen atoms in total. The van der Waals surface area contributed by atoms with Gasteiger partial charge in [0.1, 0.15) is 23.6 Å². The average Bonchev–Trinajstić information content (AvgIpc) is 3.14. The molecular weight excluding hydrogens is 485 g/mol. The number of rotatable bonds is 7. The SMILES string of the molecule is CCOc1ccc2c(c1)c(C(=O)C(=O)Nc1ccncn1)c(C(F)(F)F)n2Cc1ccc(Cl)cc1. The average molecular weight is 503 g/mol. The van der Waals surface area contributed by atoms with Crippen molar-refractivity contribution in [1.29, 1.82) is 0 Å². The smallest absolute Gasteiger partial charge is 0.432 e. The Labute approximate surface area is 202 Å². The molecular formula is C24H18ClF3N4O3. The number of benzene rings is 2. The zero-order valence-corrected chi connectivity index (χ0v) is 19.0. The minimum absolute atomic E-state index is 0.0215. The molecule has 4 rings (SSSR count). The molecule has 0 saturated carbocycles. The van der Waals surface area contributed by atoms with E-state index in [1.54, 1.807) is 31.2 Å². The van der Waals surface area contributed by atoms with E-state index in [1.165, 1.54) is 30.5 Å². The second-order valence-corrected chi connectivity index (χ2v) is 7.86. The van der Waals surface area contributed by atoms with Crippen molar-refractivity contribution >= 4 is 40.0 Å². The lowest BCUT2D eigenvalue weighted by molar-refractivity contribution is -0.143. The summed E-state index contributed by atoms with van der Waals surface area (Å²) in [7, 11) is 0. The second-order valence-electron chi connectivity index (χ2n) is 7.42. The monoisotopic (exact) mass is 502 g/mol. The number of hydrogen-bond acceptors (Lipinski definition) is 5. The summed E-state index contributed by atoms with van der Waals surface area (Å²) in [4.78, 5) is 33.4. The molecule has 0 aliphatic heterocycles. The number of amides is 1. The Bertz CT molecular complexity index is 1390. The molecule has 0 fully saturated rings. The molecule has 0 spiro atoms. The first-order chi connectivity index (χ1) is 16.7. The number of carbonyl (C=O) groups is 2. The first kappa shape index (κ1) is 24.2. The fourth-order valence-corrected chi connectivity index (χ4v) is 3.83. The largest absolute Gasteiger partial charge is 0.494 e. The van der Waals surface area contributed by atoms with Crippen LogP contribution in [0.2, 0.25) is 5.02 Å². The number of nitrogens with one attached hydrogen (secondary N) is 1. The van der Waals surface area contributed by atoms with Crippen molar-refractivity contribution in [2.75, 3.05) is 11.9 Å². The van der Waals surface area contributed by atoms with E-state index in [2.05, 4.69) is 15.3 Å². The molecule has 4 aromatic rings. The van der Waals surface area contributed by atoms with E-state index < -0.39 is 29.1 Å². The van der Waals surface area contributed by atoms with E-state index in [4.69, 9.17) is 16.3 Å². The Balaban J connectivity index is 1.91. The van der Waals surface area contributed by atoms with E-state index in [0.29, 0.717) is 10.6 Å². The molecule has 0 atom stereocenters. The van der Waals surface area contributed by atoms with E-state index in [1.807, 2.05) is 0 Å². The number of anilines is 1. The number of ether oxygens (including phenoxy) is 1. The van der Waals surface area contributed by atoms with E-state index in [9.17, 15) is 22.8 Å². The van der Waals surface area contributed by atoms with Gasteiger partial charge in [-0.3, -0.25) is 9.59 Å². The van der Waals surface area contributed by atoms with Gasteiger partial charge in [0.15, 0.2) is 0 Å². The molecule has 35 heavy (non-hydrogen) atoms. The first-order valence-electron chi connectivity index (χ1n) is 10.4. The van der Waals surface area contributed by atoms with Crippen LogP contribution < -0.4 is 10.1 Å². The minimum atomic E-state index is -4.95. The minimum Gasteiger partial charge on any atom is -0.494 e. The van der Waals surface area contributed by atoms with Crippen LogP contribution in [0.15, 0.2) is 61.1 Å². The van der Waals surface area contributed by atoms with Crippen LogP contribution in [0.1, 0.15) is 28.5 Å². The highest BCUT2D eigenvalue weighted by molar-refractivity contribution is 6.48. The Morgan fingerprint density at radius 3 is 2.49 bits per heavy atom. The van der Waals surface area contributed by atoms with Gasteiger partial charge in [0.2, 0.25) is 0 Å². The van der Waals surface area contributed by atoms with Crippen LogP contribution in [0, 0.1) is 0 Å². The topological polar surface area (TPSA) is 86.1 Å². The number of nitrogens with zero attached hydrogens (tertiary/aromatic N) is 3. The third-order valence-electron chi connectivity index (χ3n) is 5.13. The summed E-state index contributed by atoms with van der Waals surface area (Å²) in [5.74, 6) is -2.37. The van der Waals surface area contributed by atoms with Gasteiger partial charge in [0, 0.05) is 28.7 Å². The Morgan fingerprint density at radius 2 is 1.86 bits per heavy atom. The highest BCUT2D eigenvalue weighted by atomic mass is 35.5. The van der Waals surface area contributed by atoms with Gasteiger partial charge in [-0.2, -0.15) is 13.2 Å². The van der Waals surface area contributed by atoms with Gasteiger partial charge in [0.05, 0.1) is 12.2 Å². The molecule has 2 aromatic carbocycles. The third kappa shape index (κ3) is 5.12. The fraction of sp³-hybridized carbons (Fsp3) is 0.167. The van der Waals surface area contributed by atoms with Gasteiger partial charge < -0.3 is 14.6 Å². The van der Waals surface area contributed by atoms with Gasteiger partial charge in [-0.05, 0) is 48.9 Å². The number of alkyl halides is 3. The number of Topliss-reactive ketones (excluding diaryl/α,β-unsaturated/α-hetero) is 1. The molecule has 0 bridgehead atoms. The van der Waals surface area contributed by atoms with Crippen molar-refractivity contribution in [2.45, 2.75) is 19.6 Å². The zero-order chi connectivity index (χ0) is 25.2. The molecule has 0 saturated heterocycles. The lowest BCUT2D eigenvalue weighted by atomic mass is 10.0. The first-order valence-corrected chi connectivity index (χ1v) is 10.8.